The van der Waals surface area contributed by atoms with Crippen LogP contribution in [0.3, 0.4) is 0 Å². The number of ether oxygens (including phenoxy) is 1. The van der Waals surface area contributed by atoms with Crippen molar-refractivity contribution in [3.05, 3.63) is 48.6 Å². The van der Waals surface area contributed by atoms with Crippen molar-refractivity contribution < 1.29 is 9.13 Å². The van der Waals surface area contributed by atoms with Gasteiger partial charge in [0.1, 0.15) is 12.0 Å². The monoisotopic (exact) mass is 272 g/mol. The van der Waals surface area contributed by atoms with Gasteiger partial charge in [-0.1, -0.05) is 24.8 Å². The van der Waals surface area contributed by atoms with Crippen LogP contribution in [0, 0.1) is 5.82 Å². The lowest BCUT2D eigenvalue weighted by Gasteiger charge is -2.22. The summed E-state index contributed by atoms with van der Waals surface area (Å²) in [6.45, 7) is 4.37. The molecule has 0 N–H and O–H groups in total. The summed E-state index contributed by atoms with van der Waals surface area (Å²) in [5.74, 6) is -0.265. The third-order valence-electron chi connectivity index (χ3n) is 3.61. The highest BCUT2D eigenvalue weighted by molar-refractivity contribution is 5.64. The van der Waals surface area contributed by atoms with Crippen molar-refractivity contribution in [2.75, 3.05) is 6.61 Å². The van der Waals surface area contributed by atoms with E-state index in [1.54, 1.807) is 12.3 Å². The van der Waals surface area contributed by atoms with E-state index in [0.717, 1.165) is 37.0 Å². The van der Waals surface area contributed by atoms with Crippen molar-refractivity contribution in [2.45, 2.75) is 25.5 Å². The zero-order valence-electron chi connectivity index (χ0n) is 11.3. The van der Waals surface area contributed by atoms with Gasteiger partial charge in [-0.25, -0.2) is 9.07 Å². The van der Waals surface area contributed by atoms with Crippen molar-refractivity contribution in [3.8, 4) is 11.1 Å². The fraction of sp³-hybridized carbons (Fsp3) is 0.312. The SMILES string of the molecule is C=Cc1ccc(-c2cnn(C3CCCCO3)c2)cc1F. The number of halogens is 1. The first-order chi connectivity index (χ1) is 9.78. The van der Waals surface area contributed by atoms with Gasteiger partial charge in [0.15, 0.2) is 0 Å². The quantitative estimate of drug-likeness (QED) is 0.843. The Morgan fingerprint density at radius 2 is 2.25 bits per heavy atom. The third kappa shape index (κ3) is 2.51. The first-order valence-corrected chi connectivity index (χ1v) is 6.86. The Morgan fingerprint density at radius 3 is 2.95 bits per heavy atom. The van der Waals surface area contributed by atoms with Crippen LogP contribution in [0.15, 0.2) is 37.2 Å². The Balaban J connectivity index is 1.85. The topological polar surface area (TPSA) is 27.1 Å². The maximum atomic E-state index is 13.8. The van der Waals surface area contributed by atoms with Gasteiger partial charge in [-0.3, -0.25) is 0 Å². The highest BCUT2D eigenvalue weighted by Gasteiger charge is 2.16. The van der Waals surface area contributed by atoms with Crippen molar-refractivity contribution in [1.29, 1.82) is 0 Å². The van der Waals surface area contributed by atoms with Crippen LogP contribution in [0.2, 0.25) is 0 Å². The van der Waals surface area contributed by atoms with Crippen LogP contribution < -0.4 is 0 Å². The second-order valence-corrected chi connectivity index (χ2v) is 4.97. The molecular formula is C16H17FN2O. The summed E-state index contributed by atoms with van der Waals surface area (Å²) in [6.07, 6.45) is 8.43. The van der Waals surface area contributed by atoms with Gasteiger partial charge in [-0.2, -0.15) is 5.10 Å². The number of rotatable bonds is 3. The van der Waals surface area contributed by atoms with Gasteiger partial charge in [-0.15, -0.1) is 0 Å². The van der Waals surface area contributed by atoms with E-state index in [1.807, 2.05) is 16.9 Å². The minimum Gasteiger partial charge on any atom is -0.357 e. The van der Waals surface area contributed by atoms with Crippen LogP contribution in [-0.2, 0) is 4.74 Å². The molecule has 0 aliphatic carbocycles. The average Bonchev–Trinajstić information content (AvgIpc) is 2.98. The first-order valence-electron chi connectivity index (χ1n) is 6.86. The van der Waals surface area contributed by atoms with Gasteiger partial charge in [0.05, 0.1) is 6.20 Å². The highest BCUT2D eigenvalue weighted by Crippen LogP contribution is 2.26. The van der Waals surface area contributed by atoms with Crippen LogP contribution in [0.4, 0.5) is 4.39 Å². The van der Waals surface area contributed by atoms with E-state index in [-0.39, 0.29) is 12.0 Å². The number of hydrogen-bond donors (Lipinski definition) is 0. The molecule has 1 fully saturated rings. The molecule has 1 aliphatic heterocycles. The zero-order valence-corrected chi connectivity index (χ0v) is 11.3. The maximum Gasteiger partial charge on any atom is 0.150 e. The highest BCUT2D eigenvalue weighted by atomic mass is 19.1. The Labute approximate surface area is 117 Å². The minimum absolute atomic E-state index is 0.00907. The van der Waals surface area contributed by atoms with E-state index in [9.17, 15) is 4.39 Å². The lowest BCUT2D eigenvalue weighted by molar-refractivity contribution is -0.0394. The molecule has 2 heterocycles. The number of hydrogen-bond acceptors (Lipinski definition) is 2. The molecule has 3 nitrogen and oxygen atoms in total. The van der Waals surface area contributed by atoms with Crippen LogP contribution in [0.25, 0.3) is 17.2 Å². The standard InChI is InChI=1S/C16H17FN2O/c1-2-12-6-7-13(9-15(12)17)14-10-18-19(11-14)16-5-3-4-8-20-16/h2,6-7,9-11,16H,1,3-5,8H2. The molecule has 1 unspecified atom stereocenters. The Morgan fingerprint density at radius 1 is 1.35 bits per heavy atom. The molecule has 0 radical (unpaired) electrons. The van der Waals surface area contributed by atoms with Crippen LogP contribution in [-0.4, -0.2) is 16.4 Å². The summed E-state index contributed by atoms with van der Waals surface area (Å²) < 4.78 is 21.3. The molecule has 1 aliphatic rings. The van der Waals surface area contributed by atoms with Crippen molar-refractivity contribution in [1.82, 2.24) is 9.78 Å². The lowest BCUT2D eigenvalue weighted by atomic mass is 10.1. The molecular weight excluding hydrogens is 255 g/mol. The van der Waals surface area contributed by atoms with Gasteiger partial charge < -0.3 is 4.74 Å². The van der Waals surface area contributed by atoms with Gasteiger partial charge >= 0.3 is 0 Å². The van der Waals surface area contributed by atoms with Gasteiger partial charge in [0, 0.05) is 23.9 Å². The summed E-state index contributed by atoms with van der Waals surface area (Å²) in [5.41, 5.74) is 2.22. The zero-order chi connectivity index (χ0) is 13.9. The molecule has 3 rings (SSSR count). The average molecular weight is 272 g/mol. The van der Waals surface area contributed by atoms with E-state index in [0.29, 0.717) is 5.56 Å². The molecule has 1 saturated heterocycles. The fourth-order valence-electron chi connectivity index (χ4n) is 2.45. The van der Waals surface area contributed by atoms with E-state index >= 15 is 0 Å². The number of benzene rings is 1. The molecule has 1 aromatic heterocycles. The van der Waals surface area contributed by atoms with Crippen LogP contribution >= 0.6 is 0 Å². The van der Waals surface area contributed by atoms with Gasteiger partial charge in [0.25, 0.3) is 0 Å². The number of nitrogens with zero attached hydrogens (tertiary/aromatic N) is 2. The van der Waals surface area contributed by atoms with Crippen LogP contribution in [0.1, 0.15) is 31.1 Å². The second-order valence-electron chi connectivity index (χ2n) is 4.97. The van der Waals surface area contributed by atoms with Crippen molar-refractivity contribution in [3.63, 3.8) is 0 Å². The number of aromatic nitrogens is 2. The molecule has 4 heteroatoms. The molecule has 2 aromatic rings. The fourth-order valence-corrected chi connectivity index (χ4v) is 2.45. The molecule has 104 valence electrons. The van der Waals surface area contributed by atoms with Crippen molar-refractivity contribution >= 4 is 6.08 Å². The predicted molar refractivity (Wildman–Crippen MR) is 76.6 cm³/mol. The molecule has 0 saturated carbocycles. The molecule has 0 amide bonds. The largest absolute Gasteiger partial charge is 0.357 e. The first kappa shape index (κ1) is 13.1. The van der Waals surface area contributed by atoms with Crippen LogP contribution in [0.5, 0.6) is 0 Å². The molecule has 0 bridgehead atoms. The summed E-state index contributed by atoms with van der Waals surface area (Å²) in [4.78, 5) is 0. The smallest absolute Gasteiger partial charge is 0.150 e. The van der Waals surface area contributed by atoms with Gasteiger partial charge in [0.2, 0.25) is 0 Å². The van der Waals surface area contributed by atoms with Crippen molar-refractivity contribution in [2.24, 2.45) is 0 Å². The second kappa shape index (κ2) is 5.59. The van der Waals surface area contributed by atoms with Gasteiger partial charge in [-0.05, 0) is 30.9 Å². The summed E-state index contributed by atoms with van der Waals surface area (Å²) in [6, 6.07) is 5.12. The Kier molecular flexibility index (Phi) is 3.65. The minimum atomic E-state index is -0.265. The maximum absolute atomic E-state index is 13.8. The summed E-state index contributed by atoms with van der Waals surface area (Å²) in [7, 11) is 0. The molecule has 1 aromatic carbocycles. The van der Waals surface area contributed by atoms with E-state index in [2.05, 4.69) is 11.7 Å². The van der Waals surface area contributed by atoms with E-state index < -0.39 is 0 Å². The predicted octanol–water partition coefficient (Wildman–Crippen LogP) is 4.03. The summed E-state index contributed by atoms with van der Waals surface area (Å²) >= 11 is 0. The molecule has 20 heavy (non-hydrogen) atoms. The molecule has 0 spiro atoms. The van der Waals surface area contributed by atoms with E-state index in [1.165, 1.54) is 12.1 Å². The Bertz CT molecular complexity index is 615. The summed E-state index contributed by atoms with van der Waals surface area (Å²) in [5, 5.41) is 4.34. The Hall–Kier alpha value is -1.94. The third-order valence-corrected chi connectivity index (χ3v) is 3.61. The van der Waals surface area contributed by atoms with E-state index in [4.69, 9.17) is 4.74 Å². The molecule has 1 atom stereocenters. The normalized spacial score (nSPS) is 18.9. The lowest BCUT2D eigenvalue weighted by Crippen LogP contribution is -2.18.